The van der Waals surface area contributed by atoms with Crippen LogP contribution >= 0.6 is 11.8 Å². The molecule has 2 rings (SSSR count). The van der Waals surface area contributed by atoms with Gasteiger partial charge in [-0.3, -0.25) is 4.79 Å². The molecule has 2 aromatic rings. The molecule has 1 N–H and O–H groups in total. The van der Waals surface area contributed by atoms with Crippen LogP contribution in [0.1, 0.15) is 48.3 Å². The largest absolute Gasteiger partial charge is 0.490 e. The summed E-state index contributed by atoms with van der Waals surface area (Å²) in [4.78, 5) is 12.6. The highest BCUT2D eigenvalue weighted by Gasteiger charge is 2.14. The number of rotatable bonds is 9. The Kier molecular flexibility index (Phi) is 7.85. The predicted octanol–water partition coefficient (Wildman–Crippen LogP) is 4.84. The zero-order chi connectivity index (χ0) is 18.9. The van der Waals surface area contributed by atoms with Gasteiger partial charge in [0.05, 0.1) is 19.3 Å². The summed E-state index contributed by atoms with van der Waals surface area (Å²) in [6, 6.07) is 13.4. The maximum atomic E-state index is 12.6. The standard InChI is InChI=1S/C21H27NO3S/c1-5-24-19-11-10-17(13-20(19)25-6-2)15(3)22-21(23)18-9-7-8-16(12-18)14-26-4/h7-13,15H,5-6,14H2,1-4H3,(H,22,23)/t15-/m1/s1. The van der Waals surface area contributed by atoms with Crippen LogP contribution in [0.15, 0.2) is 42.5 Å². The van der Waals surface area contributed by atoms with Gasteiger partial charge in [-0.15, -0.1) is 0 Å². The van der Waals surface area contributed by atoms with Gasteiger partial charge in [-0.05, 0) is 62.4 Å². The zero-order valence-electron chi connectivity index (χ0n) is 15.9. The van der Waals surface area contributed by atoms with Crippen LogP contribution in [0.5, 0.6) is 11.5 Å². The van der Waals surface area contributed by atoms with Crippen molar-refractivity contribution in [2.75, 3.05) is 19.5 Å². The monoisotopic (exact) mass is 373 g/mol. The molecule has 140 valence electrons. The molecule has 26 heavy (non-hydrogen) atoms. The first-order chi connectivity index (χ1) is 12.6. The fourth-order valence-corrected chi connectivity index (χ4v) is 3.18. The van der Waals surface area contributed by atoms with Crippen LogP contribution in [-0.2, 0) is 5.75 Å². The Morgan fingerprint density at radius 3 is 2.50 bits per heavy atom. The molecule has 5 heteroatoms. The van der Waals surface area contributed by atoms with Gasteiger partial charge in [0.1, 0.15) is 0 Å². The fraction of sp³-hybridized carbons (Fsp3) is 0.381. The first kappa shape index (κ1) is 20.2. The van der Waals surface area contributed by atoms with Gasteiger partial charge in [0, 0.05) is 11.3 Å². The highest BCUT2D eigenvalue weighted by atomic mass is 32.2. The van der Waals surface area contributed by atoms with E-state index < -0.39 is 0 Å². The summed E-state index contributed by atoms with van der Waals surface area (Å²) in [5, 5.41) is 3.06. The summed E-state index contributed by atoms with van der Waals surface area (Å²) in [6.45, 7) is 6.99. The molecule has 0 bridgehead atoms. The van der Waals surface area contributed by atoms with E-state index in [1.165, 1.54) is 0 Å². The lowest BCUT2D eigenvalue weighted by molar-refractivity contribution is 0.0939. The molecule has 0 aliphatic rings. The van der Waals surface area contributed by atoms with Gasteiger partial charge >= 0.3 is 0 Å². The summed E-state index contributed by atoms with van der Waals surface area (Å²) in [7, 11) is 0. The summed E-state index contributed by atoms with van der Waals surface area (Å²) >= 11 is 1.74. The van der Waals surface area contributed by atoms with Gasteiger partial charge in [0.2, 0.25) is 0 Å². The van der Waals surface area contributed by atoms with Gasteiger partial charge in [-0.2, -0.15) is 11.8 Å². The lowest BCUT2D eigenvalue weighted by Crippen LogP contribution is -2.26. The van der Waals surface area contributed by atoms with Crippen LogP contribution in [-0.4, -0.2) is 25.4 Å². The Hall–Kier alpha value is -2.14. The molecule has 0 radical (unpaired) electrons. The minimum atomic E-state index is -0.137. The van der Waals surface area contributed by atoms with Crippen molar-refractivity contribution in [2.24, 2.45) is 0 Å². The van der Waals surface area contributed by atoms with Crippen molar-refractivity contribution in [3.63, 3.8) is 0 Å². The second kappa shape index (κ2) is 10.1. The molecule has 0 unspecified atom stereocenters. The number of nitrogens with one attached hydrogen (secondary N) is 1. The van der Waals surface area contributed by atoms with Crippen LogP contribution in [0.2, 0.25) is 0 Å². The third-order valence-corrected chi connectivity index (χ3v) is 4.54. The molecule has 0 aliphatic heterocycles. The molecule has 0 saturated heterocycles. The Morgan fingerprint density at radius 1 is 1.08 bits per heavy atom. The van der Waals surface area contributed by atoms with E-state index in [-0.39, 0.29) is 11.9 Å². The Balaban J connectivity index is 2.13. The van der Waals surface area contributed by atoms with E-state index >= 15 is 0 Å². The number of ether oxygens (including phenoxy) is 2. The normalized spacial score (nSPS) is 11.7. The summed E-state index contributed by atoms with van der Waals surface area (Å²) in [5.41, 5.74) is 2.81. The van der Waals surface area contributed by atoms with Crippen LogP contribution in [0, 0.1) is 0 Å². The van der Waals surface area contributed by atoms with E-state index in [0.29, 0.717) is 24.5 Å². The third kappa shape index (κ3) is 5.43. The van der Waals surface area contributed by atoms with Crippen molar-refractivity contribution in [1.82, 2.24) is 5.32 Å². The molecular formula is C21H27NO3S. The van der Waals surface area contributed by atoms with Gasteiger partial charge in [-0.1, -0.05) is 18.2 Å². The number of benzene rings is 2. The molecule has 1 atom stereocenters. The molecule has 0 aliphatic carbocycles. The van der Waals surface area contributed by atoms with E-state index in [2.05, 4.69) is 11.6 Å². The number of carbonyl (C=O) groups is 1. The molecule has 0 heterocycles. The van der Waals surface area contributed by atoms with Gasteiger partial charge in [0.15, 0.2) is 11.5 Å². The zero-order valence-corrected chi connectivity index (χ0v) is 16.7. The SMILES string of the molecule is CCOc1ccc([C@@H](C)NC(=O)c2cccc(CSC)c2)cc1OCC. The maximum absolute atomic E-state index is 12.6. The smallest absolute Gasteiger partial charge is 0.251 e. The van der Waals surface area contributed by atoms with Crippen LogP contribution in [0.25, 0.3) is 0 Å². The number of carbonyl (C=O) groups excluding carboxylic acids is 1. The second-order valence-corrected chi connectivity index (χ2v) is 6.77. The van der Waals surface area contributed by atoms with Gasteiger partial charge in [0.25, 0.3) is 5.91 Å². The van der Waals surface area contributed by atoms with Crippen LogP contribution in [0.4, 0.5) is 0 Å². The second-order valence-electron chi connectivity index (χ2n) is 5.90. The first-order valence-electron chi connectivity index (χ1n) is 8.87. The van der Waals surface area contributed by atoms with E-state index in [9.17, 15) is 4.79 Å². The van der Waals surface area contributed by atoms with E-state index in [0.717, 1.165) is 22.6 Å². The van der Waals surface area contributed by atoms with Crippen molar-refractivity contribution in [3.8, 4) is 11.5 Å². The Labute approximate surface area is 160 Å². The van der Waals surface area contributed by atoms with E-state index in [4.69, 9.17) is 9.47 Å². The van der Waals surface area contributed by atoms with Gasteiger partial charge in [-0.25, -0.2) is 0 Å². The third-order valence-electron chi connectivity index (χ3n) is 3.92. The average Bonchev–Trinajstić information content (AvgIpc) is 2.64. The average molecular weight is 374 g/mol. The topological polar surface area (TPSA) is 47.6 Å². The van der Waals surface area contributed by atoms with E-state index in [1.807, 2.05) is 63.2 Å². The number of hydrogen-bond acceptors (Lipinski definition) is 4. The maximum Gasteiger partial charge on any atom is 0.251 e. The highest BCUT2D eigenvalue weighted by Crippen LogP contribution is 2.30. The van der Waals surface area contributed by atoms with Crippen LogP contribution < -0.4 is 14.8 Å². The summed E-state index contributed by atoms with van der Waals surface area (Å²) in [5.74, 6) is 2.25. The van der Waals surface area contributed by atoms with Gasteiger partial charge < -0.3 is 14.8 Å². The van der Waals surface area contributed by atoms with Crippen molar-refractivity contribution < 1.29 is 14.3 Å². The lowest BCUT2D eigenvalue weighted by Gasteiger charge is -2.18. The van der Waals surface area contributed by atoms with Crippen molar-refractivity contribution >= 4 is 17.7 Å². The van der Waals surface area contributed by atoms with Crippen molar-refractivity contribution in [2.45, 2.75) is 32.6 Å². The molecule has 0 saturated carbocycles. The minimum absolute atomic E-state index is 0.0766. The first-order valence-corrected chi connectivity index (χ1v) is 10.3. The highest BCUT2D eigenvalue weighted by molar-refractivity contribution is 7.97. The molecule has 0 aromatic heterocycles. The minimum Gasteiger partial charge on any atom is -0.490 e. The van der Waals surface area contributed by atoms with Crippen LogP contribution in [0.3, 0.4) is 0 Å². The quantitative estimate of drug-likeness (QED) is 0.683. The Bertz CT molecular complexity index is 733. The number of hydrogen-bond donors (Lipinski definition) is 1. The molecule has 4 nitrogen and oxygen atoms in total. The summed E-state index contributed by atoms with van der Waals surface area (Å²) in [6.07, 6.45) is 2.05. The number of amides is 1. The van der Waals surface area contributed by atoms with Crippen molar-refractivity contribution in [3.05, 3.63) is 59.2 Å². The molecular weight excluding hydrogens is 346 g/mol. The molecule has 0 fully saturated rings. The summed E-state index contributed by atoms with van der Waals surface area (Å²) < 4.78 is 11.3. The fourth-order valence-electron chi connectivity index (χ4n) is 2.67. The number of thioether (sulfide) groups is 1. The predicted molar refractivity (Wildman–Crippen MR) is 108 cm³/mol. The van der Waals surface area contributed by atoms with E-state index in [1.54, 1.807) is 11.8 Å². The van der Waals surface area contributed by atoms with Crippen molar-refractivity contribution in [1.29, 1.82) is 0 Å². The molecule has 0 spiro atoms. The molecule has 2 aromatic carbocycles. The molecule has 1 amide bonds. The Morgan fingerprint density at radius 2 is 1.81 bits per heavy atom. The lowest BCUT2D eigenvalue weighted by atomic mass is 10.1.